The minimum absolute atomic E-state index is 0.159. The van der Waals surface area contributed by atoms with Gasteiger partial charge in [-0.3, -0.25) is 0 Å². The average Bonchev–Trinajstić information content (AvgIpc) is 3.08. The molecule has 1 aromatic carbocycles. The third kappa shape index (κ3) is 3.69. The molecule has 0 radical (unpaired) electrons. The standard InChI is InChI=1S/C16H21N3O2/c1-13(18-10-16-11-20-8-9-21-16)14-2-4-15(5-3-14)19-7-6-17-12-19/h2-7,12-13,16,18H,8-11H2,1H3. The van der Waals surface area contributed by atoms with Gasteiger partial charge in [-0.25, -0.2) is 4.98 Å². The van der Waals surface area contributed by atoms with Crippen LogP contribution in [-0.2, 0) is 9.47 Å². The molecule has 5 heteroatoms. The largest absolute Gasteiger partial charge is 0.376 e. The first-order valence-corrected chi connectivity index (χ1v) is 7.34. The van der Waals surface area contributed by atoms with Crippen LogP contribution < -0.4 is 5.32 Å². The topological polar surface area (TPSA) is 48.3 Å². The number of aromatic nitrogens is 2. The van der Waals surface area contributed by atoms with Crippen LogP contribution in [-0.4, -0.2) is 42.0 Å². The summed E-state index contributed by atoms with van der Waals surface area (Å²) in [7, 11) is 0. The minimum Gasteiger partial charge on any atom is -0.376 e. The van der Waals surface area contributed by atoms with Crippen molar-refractivity contribution >= 4 is 0 Å². The summed E-state index contributed by atoms with van der Waals surface area (Å²) in [6.45, 7) is 5.06. The maximum Gasteiger partial charge on any atom is 0.0991 e. The number of nitrogens with zero attached hydrogens (tertiary/aromatic N) is 2. The fourth-order valence-electron chi connectivity index (χ4n) is 2.43. The molecule has 2 heterocycles. The SMILES string of the molecule is CC(NCC1COCCO1)c1ccc(-n2ccnc2)cc1. The van der Waals surface area contributed by atoms with Crippen molar-refractivity contribution < 1.29 is 9.47 Å². The van der Waals surface area contributed by atoms with E-state index in [0.29, 0.717) is 19.8 Å². The van der Waals surface area contributed by atoms with Gasteiger partial charge >= 0.3 is 0 Å². The molecule has 1 N–H and O–H groups in total. The first kappa shape index (κ1) is 14.3. The van der Waals surface area contributed by atoms with E-state index in [4.69, 9.17) is 9.47 Å². The van der Waals surface area contributed by atoms with Crippen LogP contribution in [0.15, 0.2) is 43.0 Å². The van der Waals surface area contributed by atoms with Gasteiger partial charge in [-0.1, -0.05) is 12.1 Å². The molecule has 0 bridgehead atoms. The lowest BCUT2D eigenvalue weighted by molar-refractivity contribution is -0.0869. The molecule has 1 aliphatic heterocycles. The molecular weight excluding hydrogens is 266 g/mol. The Kier molecular flexibility index (Phi) is 4.65. The van der Waals surface area contributed by atoms with Crippen LogP contribution in [0.4, 0.5) is 0 Å². The molecule has 2 aromatic rings. The molecule has 1 aliphatic rings. The van der Waals surface area contributed by atoms with Crippen molar-refractivity contribution in [1.82, 2.24) is 14.9 Å². The fourth-order valence-corrected chi connectivity index (χ4v) is 2.43. The second-order valence-corrected chi connectivity index (χ2v) is 5.26. The lowest BCUT2D eigenvalue weighted by Crippen LogP contribution is -2.38. The van der Waals surface area contributed by atoms with Crippen LogP contribution in [0.3, 0.4) is 0 Å². The van der Waals surface area contributed by atoms with Crippen molar-refractivity contribution in [2.45, 2.75) is 19.1 Å². The van der Waals surface area contributed by atoms with Gasteiger partial charge in [0.25, 0.3) is 0 Å². The average molecular weight is 287 g/mol. The molecular formula is C16H21N3O2. The summed E-state index contributed by atoms with van der Waals surface area (Å²) in [5.41, 5.74) is 2.38. The number of hydrogen-bond donors (Lipinski definition) is 1. The Balaban J connectivity index is 1.55. The second-order valence-electron chi connectivity index (χ2n) is 5.26. The Morgan fingerprint density at radius 2 is 2.19 bits per heavy atom. The lowest BCUT2D eigenvalue weighted by Gasteiger charge is -2.25. The Morgan fingerprint density at radius 3 is 2.86 bits per heavy atom. The van der Waals surface area contributed by atoms with E-state index in [9.17, 15) is 0 Å². The van der Waals surface area contributed by atoms with Gasteiger partial charge in [-0.15, -0.1) is 0 Å². The van der Waals surface area contributed by atoms with Crippen LogP contribution in [0.1, 0.15) is 18.5 Å². The second kappa shape index (κ2) is 6.85. The first-order valence-electron chi connectivity index (χ1n) is 7.34. The Bertz CT molecular complexity index is 533. The van der Waals surface area contributed by atoms with Gasteiger partial charge in [0.05, 0.1) is 32.3 Å². The van der Waals surface area contributed by atoms with Gasteiger partial charge in [0.1, 0.15) is 0 Å². The van der Waals surface area contributed by atoms with Crippen molar-refractivity contribution in [3.63, 3.8) is 0 Å². The number of hydrogen-bond acceptors (Lipinski definition) is 4. The molecule has 5 nitrogen and oxygen atoms in total. The zero-order valence-corrected chi connectivity index (χ0v) is 12.2. The summed E-state index contributed by atoms with van der Waals surface area (Å²) in [4.78, 5) is 4.06. The molecule has 0 spiro atoms. The summed E-state index contributed by atoms with van der Waals surface area (Å²) in [5, 5.41) is 3.50. The smallest absolute Gasteiger partial charge is 0.0991 e. The third-order valence-corrected chi connectivity index (χ3v) is 3.73. The highest BCUT2D eigenvalue weighted by molar-refractivity contribution is 5.35. The van der Waals surface area contributed by atoms with E-state index in [2.05, 4.69) is 41.5 Å². The van der Waals surface area contributed by atoms with E-state index in [-0.39, 0.29) is 12.1 Å². The molecule has 112 valence electrons. The van der Waals surface area contributed by atoms with Gasteiger partial charge in [-0.05, 0) is 24.6 Å². The normalized spacial score (nSPS) is 20.3. The number of benzene rings is 1. The highest BCUT2D eigenvalue weighted by Crippen LogP contribution is 2.16. The van der Waals surface area contributed by atoms with Crippen LogP contribution in [0.25, 0.3) is 5.69 Å². The quantitative estimate of drug-likeness (QED) is 0.913. The molecule has 21 heavy (non-hydrogen) atoms. The van der Waals surface area contributed by atoms with Gasteiger partial charge in [-0.2, -0.15) is 0 Å². The molecule has 0 aliphatic carbocycles. The van der Waals surface area contributed by atoms with Crippen LogP contribution in [0, 0.1) is 0 Å². The molecule has 3 rings (SSSR count). The zero-order chi connectivity index (χ0) is 14.5. The van der Waals surface area contributed by atoms with E-state index < -0.39 is 0 Å². The van der Waals surface area contributed by atoms with Crippen molar-refractivity contribution in [2.75, 3.05) is 26.4 Å². The predicted molar refractivity (Wildman–Crippen MR) is 80.5 cm³/mol. The molecule has 0 amide bonds. The summed E-state index contributed by atoms with van der Waals surface area (Å²) in [6, 6.07) is 8.79. The number of ether oxygens (including phenoxy) is 2. The van der Waals surface area contributed by atoms with Crippen molar-refractivity contribution in [1.29, 1.82) is 0 Å². The lowest BCUT2D eigenvalue weighted by atomic mass is 10.1. The zero-order valence-electron chi connectivity index (χ0n) is 12.2. The number of nitrogens with one attached hydrogen (secondary N) is 1. The van der Waals surface area contributed by atoms with Crippen molar-refractivity contribution in [3.05, 3.63) is 48.5 Å². The minimum atomic E-state index is 0.159. The van der Waals surface area contributed by atoms with E-state index in [0.717, 1.165) is 12.2 Å². The Morgan fingerprint density at radius 1 is 1.33 bits per heavy atom. The highest BCUT2D eigenvalue weighted by atomic mass is 16.6. The van der Waals surface area contributed by atoms with Crippen LogP contribution in [0.5, 0.6) is 0 Å². The third-order valence-electron chi connectivity index (χ3n) is 3.73. The van der Waals surface area contributed by atoms with Crippen LogP contribution in [0.2, 0.25) is 0 Å². The molecule has 2 atom stereocenters. The Labute approximate surface area is 124 Å². The fraction of sp³-hybridized carbons (Fsp3) is 0.438. The van der Waals surface area contributed by atoms with Crippen molar-refractivity contribution in [3.8, 4) is 5.69 Å². The summed E-state index contributed by atoms with van der Waals surface area (Å²) >= 11 is 0. The number of rotatable bonds is 5. The van der Waals surface area contributed by atoms with E-state index in [1.807, 2.05) is 10.8 Å². The van der Waals surface area contributed by atoms with E-state index >= 15 is 0 Å². The van der Waals surface area contributed by atoms with E-state index in [1.165, 1.54) is 5.56 Å². The predicted octanol–water partition coefficient (Wildman–Crippen LogP) is 1.94. The monoisotopic (exact) mass is 287 g/mol. The number of imidazole rings is 1. The summed E-state index contributed by atoms with van der Waals surface area (Å²) in [5.74, 6) is 0. The molecule has 0 saturated carbocycles. The van der Waals surface area contributed by atoms with Gasteiger partial charge in [0, 0.05) is 30.7 Å². The molecule has 2 unspecified atom stereocenters. The molecule has 1 saturated heterocycles. The summed E-state index contributed by atoms with van der Waals surface area (Å²) in [6.07, 6.45) is 5.69. The van der Waals surface area contributed by atoms with Gasteiger partial charge < -0.3 is 19.4 Å². The van der Waals surface area contributed by atoms with Gasteiger partial charge in [0.2, 0.25) is 0 Å². The maximum absolute atomic E-state index is 5.63. The molecule has 1 aromatic heterocycles. The molecule has 1 fully saturated rings. The van der Waals surface area contributed by atoms with Crippen molar-refractivity contribution in [2.24, 2.45) is 0 Å². The van der Waals surface area contributed by atoms with Gasteiger partial charge in [0.15, 0.2) is 0 Å². The van der Waals surface area contributed by atoms with Crippen LogP contribution >= 0.6 is 0 Å². The maximum atomic E-state index is 5.63. The van der Waals surface area contributed by atoms with E-state index in [1.54, 1.807) is 12.5 Å². The summed E-state index contributed by atoms with van der Waals surface area (Å²) < 4.78 is 13.0. The highest BCUT2D eigenvalue weighted by Gasteiger charge is 2.15. The Hall–Kier alpha value is -1.69. The first-order chi connectivity index (χ1) is 10.3.